The summed E-state index contributed by atoms with van der Waals surface area (Å²) in [7, 11) is 0. The summed E-state index contributed by atoms with van der Waals surface area (Å²) in [5.41, 5.74) is 0.593. The maximum atomic E-state index is 12.9. The van der Waals surface area contributed by atoms with Gasteiger partial charge in [0.2, 0.25) is 6.10 Å². The molecule has 0 saturated heterocycles. The quantitative estimate of drug-likeness (QED) is 0.457. The van der Waals surface area contributed by atoms with Gasteiger partial charge in [-0.15, -0.1) is 0 Å². The zero-order valence-corrected chi connectivity index (χ0v) is 13.8. The first-order chi connectivity index (χ1) is 12.5. The van der Waals surface area contributed by atoms with Crippen LogP contribution in [0.4, 0.5) is 11.6 Å². The molecule has 1 aliphatic rings. The maximum Gasteiger partial charge on any atom is 0.366 e. The van der Waals surface area contributed by atoms with E-state index in [4.69, 9.17) is 9.47 Å². The Balaban J connectivity index is 2.03. The minimum Gasteiger partial charge on any atom is -0.469 e. The number of pyridine rings is 1. The van der Waals surface area contributed by atoms with Crippen molar-refractivity contribution in [2.24, 2.45) is 0 Å². The summed E-state index contributed by atoms with van der Waals surface area (Å²) in [4.78, 5) is 40.0. The van der Waals surface area contributed by atoms with E-state index in [0.29, 0.717) is 5.56 Å². The molecule has 0 fully saturated rings. The van der Waals surface area contributed by atoms with Crippen LogP contribution in [0.25, 0.3) is 0 Å². The summed E-state index contributed by atoms with van der Waals surface area (Å²) < 4.78 is 10.6. The molecule has 9 nitrogen and oxygen atoms in total. The Morgan fingerprint density at radius 1 is 1.31 bits per heavy atom. The van der Waals surface area contributed by atoms with E-state index in [2.05, 4.69) is 4.98 Å². The van der Waals surface area contributed by atoms with Crippen LogP contribution in [0.15, 0.2) is 42.5 Å². The van der Waals surface area contributed by atoms with Crippen molar-refractivity contribution < 1.29 is 24.0 Å². The molecular formula is C17H15N3O6. The van der Waals surface area contributed by atoms with Gasteiger partial charge in [0.05, 0.1) is 6.61 Å². The van der Waals surface area contributed by atoms with Crippen molar-refractivity contribution in [1.29, 1.82) is 0 Å². The molecule has 26 heavy (non-hydrogen) atoms. The number of esters is 1. The number of carbonyl (C=O) groups is 2. The molecule has 9 heteroatoms. The van der Waals surface area contributed by atoms with E-state index in [9.17, 15) is 19.7 Å². The van der Waals surface area contributed by atoms with Gasteiger partial charge in [-0.05, 0) is 22.9 Å². The van der Waals surface area contributed by atoms with Gasteiger partial charge in [-0.3, -0.25) is 14.5 Å². The topological polar surface area (TPSA) is 112 Å². The highest BCUT2D eigenvalue weighted by atomic mass is 16.6. The summed E-state index contributed by atoms with van der Waals surface area (Å²) in [6, 6.07) is 11.3. The van der Waals surface area contributed by atoms with E-state index in [-0.39, 0.29) is 18.2 Å². The molecule has 0 bridgehead atoms. The van der Waals surface area contributed by atoms with Crippen molar-refractivity contribution in [3.8, 4) is 5.75 Å². The minimum absolute atomic E-state index is 0.0792. The highest BCUT2D eigenvalue weighted by Crippen LogP contribution is 2.38. The molecule has 2 heterocycles. The number of carbonyl (C=O) groups excluding carboxylic acids is 2. The molecule has 1 aromatic heterocycles. The van der Waals surface area contributed by atoms with Gasteiger partial charge in [0.25, 0.3) is 11.7 Å². The molecule has 0 N–H and O–H groups in total. The average molecular weight is 357 g/mol. The Kier molecular flexibility index (Phi) is 4.78. The molecule has 1 aliphatic heterocycles. The lowest BCUT2D eigenvalue weighted by Gasteiger charge is -2.30. The van der Waals surface area contributed by atoms with Crippen LogP contribution >= 0.6 is 0 Å². The molecular weight excluding hydrogens is 342 g/mol. The van der Waals surface area contributed by atoms with Gasteiger partial charge in [-0.1, -0.05) is 30.3 Å². The number of fused-ring (bicyclic) bond motifs is 1. The summed E-state index contributed by atoms with van der Waals surface area (Å²) >= 11 is 0. The van der Waals surface area contributed by atoms with Crippen LogP contribution in [-0.2, 0) is 14.3 Å². The van der Waals surface area contributed by atoms with Crippen LogP contribution in [0.5, 0.6) is 5.75 Å². The Morgan fingerprint density at radius 3 is 2.69 bits per heavy atom. The monoisotopic (exact) mass is 357 g/mol. The predicted octanol–water partition coefficient (Wildman–Crippen LogP) is 2.02. The van der Waals surface area contributed by atoms with Crippen molar-refractivity contribution in [2.45, 2.75) is 13.0 Å². The highest BCUT2D eigenvalue weighted by Gasteiger charge is 2.40. The number of nitro groups is 1. The molecule has 0 aliphatic carbocycles. The molecule has 2 aromatic rings. The third-order valence-electron chi connectivity index (χ3n) is 3.70. The molecule has 1 atom stereocenters. The number of hydrogen-bond acceptors (Lipinski definition) is 7. The molecule has 1 aromatic carbocycles. The van der Waals surface area contributed by atoms with Gasteiger partial charge < -0.3 is 19.6 Å². The van der Waals surface area contributed by atoms with E-state index >= 15 is 0 Å². The molecule has 1 amide bonds. The Labute approximate surface area is 148 Å². The number of anilines is 1. The lowest BCUT2D eigenvalue weighted by atomic mass is 10.1. The van der Waals surface area contributed by atoms with Crippen LogP contribution in [-0.4, -0.2) is 34.9 Å². The Bertz CT molecular complexity index is 855. The molecule has 0 spiro atoms. The van der Waals surface area contributed by atoms with Crippen molar-refractivity contribution >= 4 is 23.5 Å². The Morgan fingerprint density at radius 2 is 2.04 bits per heavy atom. The normalized spacial score (nSPS) is 15.8. The predicted molar refractivity (Wildman–Crippen MR) is 89.7 cm³/mol. The number of amides is 1. The van der Waals surface area contributed by atoms with Gasteiger partial charge in [-0.2, -0.15) is 0 Å². The van der Waals surface area contributed by atoms with E-state index in [0.717, 1.165) is 4.90 Å². The SMILES string of the molecule is CCOC(=O)CN1C(=O)C(c2ccccc2)Oc2ccc([N+](=O)[O-])nc21. The van der Waals surface area contributed by atoms with Gasteiger partial charge in [0.1, 0.15) is 6.54 Å². The second-order valence-electron chi connectivity index (χ2n) is 5.39. The number of aromatic nitrogens is 1. The average Bonchev–Trinajstić information content (AvgIpc) is 2.64. The van der Waals surface area contributed by atoms with Gasteiger partial charge >= 0.3 is 11.8 Å². The maximum absolute atomic E-state index is 12.9. The lowest BCUT2D eigenvalue weighted by Crippen LogP contribution is -2.44. The third-order valence-corrected chi connectivity index (χ3v) is 3.70. The lowest BCUT2D eigenvalue weighted by molar-refractivity contribution is -0.389. The second-order valence-corrected chi connectivity index (χ2v) is 5.39. The number of rotatable bonds is 5. The molecule has 0 saturated carbocycles. The van der Waals surface area contributed by atoms with Crippen LogP contribution in [0.1, 0.15) is 18.6 Å². The summed E-state index contributed by atoms with van der Waals surface area (Å²) in [6.07, 6.45) is -0.985. The molecule has 134 valence electrons. The third kappa shape index (κ3) is 3.32. The zero-order valence-electron chi connectivity index (χ0n) is 13.8. The van der Waals surface area contributed by atoms with E-state index < -0.39 is 35.3 Å². The fourth-order valence-electron chi connectivity index (χ4n) is 2.56. The number of hydrogen-bond donors (Lipinski definition) is 0. The summed E-state index contributed by atoms with van der Waals surface area (Å²) in [6.45, 7) is 1.37. The first-order valence-electron chi connectivity index (χ1n) is 7.85. The van der Waals surface area contributed by atoms with Crippen LogP contribution in [0.2, 0.25) is 0 Å². The zero-order chi connectivity index (χ0) is 18.7. The molecule has 0 radical (unpaired) electrons. The van der Waals surface area contributed by atoms with Crippen molar-refractivity contribution in [3.63, 3.8) is 0 Å². The fraction of sp³-hybridized carbons (Fsp3) is 0.235. The van der Waals surface area contributed by atoms with Gasteiger partial charge in [-0.25, -0.2) is 0 Å². The van der Waals surface area contributed by atoms with Crippen LogP contribution < -0.4 is 9.64 Å². The molecule has 3 rings (SSSR count). The number of benzene rings is 1. The van der Waals surface area contributed by atoms with E-state index in [1.165, 1.54) is 12.1 Å². The van der Waals surface area contributed by atoms with Crippen LogP contribution in [0.3, 0.4) is 0 Å². The van der Waals surface area contributed by atoms with E-state index in [1.54, 1.807) is 37.3 Å². The van der Waals surface area contributed by atoms with Crippen LogP contribution in [0, 0.1) is 10.1 Å². The number of nitrogens with zero attached hydrogens (tertiary/aromatic N) is 3. The number of ether oxygens (including phenoxy) is 2. The second kappa shape index (κ2) is 7.18. The first kappa shape index (κ1) is 17.3. The highest BCUT2D eigenvalue weighted by molar-refractivity contribution is 6.02. The smallest absolute Gasteiger partial charge is 0.366 e. The fourth-order valence-corrected chi connectivity index (χ4v) is 2.56. The summed E-state index contributed by atoms with van der Waals surface area (Å²) in [5.74, 6) is -1.55. The van der Waals surface area contributed by atoms with E-state index in [1.807, 2.05) is 0 Å². The first-order valence-corrected chi connectivity index (χ1v) is 7.85. The Hall–Kier alpha value is -3.49. The summed E-state index contributed by atoms with van der Waals surface area (Å²) in [5, 5.41) is 11.0. The van der Waals surface area contributed by atoms with Crippen molar-refractivity contribution in [3.05, 3.63) is 58.1 Å². The molecule has 1 unspecified atom stereocenters. The van der Waals surface area contributed by atoms with Gasteiger partial charge in [0.15, 0.2) is 5.75 Å². The minimum atomic E-state index is -0.985. The van der Waals surface area contributed by atoms with Gasteiger partial charge in [0, 0.05) is 11.6 Å². The van der Waals surface area contributed by atoms with Crippen molar-refractivity contribution in [2.75, 3.05) is 18.1 Å². The standard InChI is InChI=1S/C17H15N3O6/c1-2-25-14(21)10-19-16-12(8-9-13(18-16)20(23)24)26-15(17(19)22)11-6-4-3-5-7-11/h3-9,15H,2,10H2,1H3. The van der Waals surface area contributed by atoms with Crippen molar-refractivity contribution in [1.82, 2.24) is 4.98 Å². The largest absolute Gasteiger partial charge is 0.469 e.